The third kappa shape index (κ3) is 10.0. The number of carbonyl (C=O) groups excluding carboxylic acids is 3. The van der Waals surface area contributed by atoms with Gasteiger partial charge in [-0.1, -0.05) is 48.0 Å². The minimum atomic E-state index is -4.16. The molecule has 242 valence electrons. The molecular formula is C31H43N3O9S. The van der Waals surface area contributed by atoms with Crippen LogP contribution in [0.3, 0.4) is 0 Å². The molecule has 2 aromatic rings. The third-order valence-corrected chi connectivity index (χ3v) is 8.62. The van der Waals surface area contributed by atoms with E-state index in [4.69, 9.17) is 14.2 Å². The highest BCUT2D eigenvalue weighted by Gasteiger charge is 2.37. The summed E-state index contributed by atoms with van der Waals surface area (Å²) in [5, 5.41) is 12.3. The van der Waals surface area contributed by atoms with Crippen LogP contribution in [-0.2, 0) is 40.4 Å². The predicted octanol–water partition coefficient (Wildman–Crippen LogP) is 2.51. The molecule has 1 aliphatic heterocycles. The van der Waals surface area contributed by atoms with Gasteiger partial charge in [-0.3, -0.25) is 9.59 Å². The Morgan fingerprint density at radius 3 is 2.30 bits per heavy atom. The molecule has 3 rings (SSSR count). The zero-order chi connectivity index (χ0) is 32.7. The van der Waals surface area contributed by atoms with Crippen molar-refractivity contribution in [2.45, 2.75) is 83.3 Å². The molecule has 3 N–H and O–H groups in total. The summed E-state index contributed by atoms with van der Waals surface area (Å²) in [6, 6.07) is 10.7. The van der Waals surface area contributed by atoms with E-state index in [1.807, 2.05) is 37.3 Å². The molecule has 1 fully saturated rings. The number of ether oxygens (including phenoxy) is 3. The van der Waals surface area contributed by atoms with Crippen LogP contribution in [0.25, 0.3) is 0 Å². The van der Waals surface area contributed by atoms with Gasteiger partial charge in [-0.25, -0.2) is 13.2 Å². The number of benzene rings is 2. The van der Waals surface area contributed by atoms with Crippen molar-refractivity contribution in [2.75, 3.05) is 26.3 Å². The number of aliphatic hydroxyl groups is 1. The van der Waals surface area contributed by atoms with Gasteiger partial charge in [0, 0.05) is 6.54 Å². The van der Waals surface area contributed by atoms with Crippen molar-refractivity contribution in [3.63, 3.8) is 0 Å². The summed E-state index contributed by atoms with van der Waals surface area (Å²) in [7, 11) is -4.16. The maximum absolute atomic E-state index is 13.4. The second-order valence-electron chi connectivity index (χ2n) is 11.9. The Kier molecular flexibility index (Phi) is 11.9. The lowest BCUT2D eigenvalue weighted by atomic mass is 10.1. The van der Waals surface area contributed by atoms with Gasteiger partial charge >= 0.3 is 12.1 Å². The molecule has 2 aromatic carbocycles. The summed E-state index contributed by atoms with van der Waals surface area (Å²) in [6.45, 7) is 9.24. The summed E-state index contributed by atoms with van der Waals surface area (Å²) in [4.78, 5) is 39.7. The van der Waals surface area contributed by atoms with Crippen LogP contribution in [0.15, 0.2) is 47.4 Å². The Morgan fingerprint density at radius 1 is 1.07 bits per heavy atom. The number of aliphatic hydroxyl groups excluding tert-OH is 1. The van der Waals surface area contributed by atoms with Crippen LogP contribution in [-0.4, -0.2) is 86.5 Å². The monoisotopic (exact) mass is 633 g/mol. The van der Waals surface area contributed by atoms with Gasteiger partial charge in [0.25, 0.3) is 0 Å². The van der Waals surface area contributed by atoms with Crippen molar-refractivity contribution in [3.8, 4) is 0 Å². The van der Waals surface area contributed by atoms with Crippen LogP contribution in [0.4, 0.5) is 4.79 Å². The van der Waals surface area contributed by atoms with Gasteiger partial charge in [-0.05, 0) is 64.7 Å². The highest BCUT2D eigenvalue weighted by molar-refractivity contribution is 7.89. The van der Waals surface area contributed by atoms with E-state index in [0.29, 0.717) is 17.5 Å². The zero-order valence-electron chi connectivity index (χ0n) is 26.1. The number of carbonyl (C=O) groups is 3. The Bertz CT molecular complexity index is 1400. The second-order valence-corrected chi connectivity index (χ2v) is 13.6. The van der Waals surface area contributed by atoms with Gasteiger partial charge < -0.3 is 29.5 Å². The van der Waals surface area contributed by atoms with E-state index in [0.717, 1.165) is 11.1 Å². The van der Waals surface area contributed by atoms with Gasteiger partial charge in [0.05, 0.1) is 30.2 Å². The summed E-state index contributed by atoms with van der Waals surface area (Å²) < 4.78 is 45.6. The summed E-state index contributed by atoms with van der Waals surface area (Å²) >= 11 is 0. The topological polar surface area (TPSA) is 161 Å². The normalized spacial score (nSPS) is 17.7. The van der Waals surface area contributed by atoms with Crippen molar-refractivity contribution in [1.82, 2.24) is 14.9 Å². The van der Waals surface area contributed by atoms with Crippen LogP contribution < -0.4 is 10.0 Å². The van der Waals surface area contributed by atoms with Gasteiger partial charge in [0.1, 0.15) is 24.9 Å². The first-order valence-corrected chi connectivity index (χ1v) is 15.9. The van der Waals surface area contributed by atoms with E-state index in [-0.39, 0.29) is 31.2 Å². The van der Waals surface area contributed by atoms with E-state index in [1.165, 1.54) is 4.90 Å². The summed E-state index contributed by atoms with van der Waals surface area (Å²) in [5.41, 5.74) is 1.86. The Morgan fingerprint density at radius 2 is 1.70 bits per heavy atom. The fraction of sp³-hybridized carbons (Fsp3) is 0.516. The molecule has 12 nitrogen and oxygen atoms in total. The SMILES string of the molecule is Cc1cc(C)c(S(=O)(=O)N[C@@H](CNC(=O)CO[C@@H]2C[C@@H](CO)N(C(=O)OCc3ccccc3)C2)C(=O)OC(C)(C)C)c(C)c1. The van der Waals surface area contributed by atoms with Crippen LogP contribution >= 0.6 is 0 Å². The molecule has 0 saturated carbocycles. The highest BCUT2D eigenvalue weighted by atomic mass is 32.2. The molecule has 2 amide bonds. The predicted molar refractivity (Wildman–Crippen MR) is 162 cm³/mol. The average Bonchev–Trinajstić information content (AvgIpc) is 3.35. The van der Waals surface area contributed by atoms with Crippen molar-refractivity contribution in [3.05, 3.63) is 64.7 Å². The highest BCUT2D eigenvalue weighted by Crippen LogP contribution is 2.23. The molecule has 0 aliphatic carbocycles. The molecule has 0 bridgehead atoms. The second kappa shape index (κ2) is 15.0. The van der Waals surface area contributed by atoms with E-state index in [2.05, 4.69) is 10.0 Å². The number of likely N-dealkylation sites (tertiary alicyclic amines) is 1. The number of esters is 1. The van der Waals surface area contributed by atoms with Crippen molar-refractivity contribution in [1.29, 1.82) is 0 Å². The van der Waals surface area contributed by atoms with E-state index >= 15 is 0 Å². The molecule has 0 aromatic heterocycles. The maximum atomic E-state index is 13.4. The lowest BCUT2D eigenvalue weighted by Crippen LogP contribution is -2.51. The molecule has 1 aliphatic rings. The Hall–Kier alpha value is -3.52. The molecule has 0 spiro atoms. The number of sulfonamides is 1. The summed E-state index contributed by atoms with van der Waals surface area (Å²) in [5.74, 6) is -1.46. The number of hydrogen-bond donors (Lipinski definition) is 3. The third-order valence-electron chi connectivity index (χ3n) is 6.84. The van der Waals surface area contributed by atoms with Crippen LogP contribution in [0, 0.1) is 20.8 Å². The van der Waals surface area contributed by atoms with Gasteiger partial charge in [-0.2, -0.15) is 4.72 Å². The number of nitrogens with zero attached hydrogens (tertiary/aromatic N) is 1. The van der Waals surface area contributed by atoms with E-state index in [1.54, 1.807) is 46.8 Å². The number of aryl methyl sites for hydroxylation is 3. The molecule has 1 heterocycles. The van der Waals surface area contributed by atoms with E-state index in [9.17, 15) is 27.9 Å². The molecule has 0 radical (unpaired) electrons. The minimum Gasteiger partial charge on any atom is -0.459 e. The molecule has 0 unspecified atom stereocenters. The quantitative estimate of drug-likeness (QED) is 0.299. The minimum absolute atomic E-state index is 0.0536. The number of nitrogens with one attached hydrogen (secondary N) is 2. The molecule has 13 heteroatoms. The van der Waals surface area contributed by atoms with Crippen molar-refractivity contribution >= 4 is 28.0 Å². The number of hydrogen-bond acceptors (Lipinski definition) is 9. The number of rotatable bonds is 12. The van der Waals surface area contributed by atoms with Crippen molar-refractivity contribution < 1.29 is 42.1 Å². The van der Waals surface area contributed by atoms with Crippen LogP contribution in [0.2, 0.25) is 0 Å². The largest absolute Gasteiger partial charge is 0.459 e. The van der Waals surface area contributed by atoms with Crippen LogP contribution in [0.1, 0.15) is 49.4 Å². The maximum Gasteiger partial charge on any atom is 0.410 e. The zero-order valence-corrected chi connectivity index (χ0v) is 26.9. The Labute approximate surface area is 259 Å². The van der Waals surface area contributed by atoms with Gasteiger partial charge in [0.15, 0.2) is 0 Å². The van der Waals surface area contributed by atoms with Gasteiger partial charge in [0.2, 0.25) is 15.9 Å². The lowest BCUT2D eigenvalue weighted by molar-refractivity contribution is -0.156. The lowest BCUT2D eigenvalue weighted by Gasteiger charge is -2.25. The molecule has 44 heavy (non-hydrogen) atoms. The standard InChI is InChI=1S/C31H43N3O9S/c1-20-12-21(2)28(22(3)13-20)44(39,40)33-26(29(37)43-31(4,5)6)15-32-27(36)19-41-25-14-24(17-35)34(16-25)30(38)42-18-23-10-8-7-9-11-23/h7-13,24-26,33,35H,14-19H2,1-6H3,(H,32,36)/t24-,25+,26-/m0/s1. The summed E-state index contributed by atoms with van der Waals surface area (Å²) in [6.07, 6.45) is -0.857. The first-order chi connectivity index (χ1) is 20.6. The van der Waals surface area contributed by atoms with E-state index < -0.39 is 58.4 Å². The first kappa shape index (κ1) is 35.0. The Balaban J connectivity index is 1.59. The molecule has 3 atom stereocenters. The number of amides is 2. The molecule has 1 saturated heterocycles. The first-order valence-electron chi connectivity index (χ1n) is 14.4. The smallest absolute Gasteiger partial charge is 0.410 e. The fourth-order valence-electron chi connectivity index (χ4n) is 5.04. The van der Waals surface area contributed by atoms with Crippen molar-refractivity contribution in [2.24, 2.45) is 0 Å². The molecular weight excluding hydrogens is 590 g/mol. The van der Waals surface area contributed by atoms with Crippen LogP contribution in [0.5, 0.6) is 0 Å². The fourth-order valence-corrected chi connectivity index (χ4v) is 6.67. The average molecular weight is 634 g/mol. The van der Waals surface area contributed by atoms with Gasteiger partial charge in [-0.15, -0.1) is 0 Å².